The Morgan fingerprint density at radius 1 is 0.923 bits per heavy atom. The molecule has 4 heteroatoms. The summed E-state index contributed by atoms with van der Waals surface area (Å²) in [6.45, 7) is 2.75. The normalized spacial score (nSPS) is 10.4. The maximum Gasteiger partial charge on any atom is 0.343 e. The molecule has 0 unspecified atom stereocenters. The van der Waals surface area contributed by atoms with Crippen LogP contribution in [0, 0.1) is 6.92 Å². The van der Waals surface area contributed by atoms with Gasteiger partial charge in [0, 0.05) is 37.5 Å². The lowest BCUT2D eigenvalue weighted by atomic mass is 10.1. The Kier molecular flexibility index (Phi) is 5.32. The van der Waals surface area contributed by atoms with E-state index < -0.39 is 0 Å². The van der Waals surface area contributed by atoms with Crippen LogP contribution in [0.15, 0.2) is 73.1 Å². The predicted molar refractivity (Wildman–Crippen MR) is 103 cm³/mol. The fourth-order valence-electron chi connectivity index (χ4n) is 2.58. The summed E-state index contributed by atoms with van der Waals surface area (Å²) in [5.41, 5.74) is 3.96. The van der Waals surface area contributed by atoms with Gasteiger partial charge in [-0.05, 0) is 31.2 Å². The average Bonchev–Trinajstić information content (AvgIpc) is 2.64. The van der Waals surface area contributed by atoms with Crippen LogP contribution in [0.4, 0.5) is 5.69 Å². The molecule has 2 aromatic carbocycles. The summed E-state index contributed by atoms with van der Waals surface area (Å²) in [6, 6.07) is 19.1. The van der Waals surface area contributed by atoms with E-state index in [9.17, 15) is 4.79 Å². The quantitative estimate of drug-likeness (QED) is 0.402. The molecular weight excluding hydrogens is 324 g/mol. The molecule has 0 N–H and O–H groups in total. The summed E-state index contributed by atoms with van der Waals surface area (Å²) in [6.07, 6.45) is 4.10. The summed E-state index contributed by atoms with van der Waals surface area (Å²) in [7, 11) is 4.04. The molecule has 132 valence electrons. The summed E-state index contributed by atoms with van der Waals surface area (Å²) < 4.78 is 7.50. The third-order valence-electron chi connectivity index (χ3n) is 4.18. The number of nitrogens with zero attached hydrogens (tertiary/aromatic N) is 2. The zero-order valence-corrected chi connectivity index (χ0v) is 15.3. The number of anilines is 1. The Morgan fingerprint density at radius 3 is 2.12 bits per heavy atom. The lowest BCUT2D eigenvalue weighted by molar-refractivity contribution is -0.688. The van der Waals surface area contributed by atoms with Crippen molar-refractivity contribution in [2.75, 3.05) is 19.0 Å². The Labute approximate surface area is 154 Å². The van der Waals surface area contributed by atoms with E-state index >= 15 is 0 Å². The molecule has 1 heterocycles. The van der Waals surface area contributed by atoms with Gasteiger partial charge in [0.2, 0.25) is 0 Å². The summed E-state index contributed by atoms with van der Waals surface area (Å²) in [5.74, 6) is 0.213. The standard InChI is InChI=1S/C22H23N2O2/c1-17-4-10-21(11-5-17)26-22(25)19-8-6-18(7-9-19)16-24-14-12-20(13-15-24)23(2)3/h4-15H,16H2,1-3H3/q+1. The number of rotatable bonds is 5. The van der Waals surface area contributed by atoms with Gasteiger partial charge in [-0.15, -0.1) is 0 Å². The van der Waals surface area contributed by atoms with Crippen LogP contribution in [-0.4, -0.2) is 20.1 Å². The van der Waals surface area contributed by atoms with Crippen molar-refractivity contribution in [1.29, 1.82) is 0 Å². The lowest BCUT2D eigenvalue weighted by Crippen LogP contribution is -2.33. The van der Waals surface area contributed by atoms with Gasteiger partial charge in [0.05, 0.1) is 5.56 Å². The van der Waals surface area contributed by atoms with Crippen LogP contribution in [0.2, 0.25) is 0 Å². The predicted octanol–water partition coefficient (Wildman–Crippen LogP) is 3.62. The van der Waals surface area contributed by atoms with Gasteiger partial charge < -0.3 is 9.64 Å². The summed E-state index contributed by atoms with van der Waals surface area (Å²) in [4.78, 5) is 14.3. The summed E-state index contributed by atoms with van der Waals surface area (Å²) in [5, 5.41) is 0. The first-order valence-corrected chi connectivity index (χ1v) is 8.55. The highest BCUT2D eigenvalue weighted by Gasteiger charge is 2.10. The van der Waals surface area contributed by atoms with Crippen LogP contribution in [0.1, 0.15) is 21.5 Å². The molecule has 26 heavy (non-hydrogen) atoms. The number of carbonyl (C=O) groups excluding carboxylic acids is 1. The number of aromatic nitrogens is 1. The number of hydrogen-bond donors (Lipinski definition) is 0. The van der Waals surface area contributed by atoms with Crippen LogP contribution < -0.4 is 14.2 Å². The van der Waals surface area contributed by atoms with Gasteiger partial charge in [-0.25, -0.2) is 9.36 Å². The molecule has 1 aromatic heterocycles. The van der Waals surface area contributed by atoms with E-state index in [0.717, 1.165) is 23.4 Å². The number of pyridine rings is 1. The Bertz CT molecular complexity index is 868. The number of aryl methyl sites for hydroxylation is 1. The third-order valence-corrected chi connectivity index (χ3v) is 4.18. The Morgan fingerprint density at radius 2 is 1.54 bits per heavy atom. The molecule has 0 amide bonds. The van der Waals surface area contributed by atoms with Crippen LogP contribution in [-0.2, 0) is 6.54 Å². The molecule has 0 radical (unpaired) electrons. The second-order valence-corrected chi connectivity index (χ2v) is 6.52. The second kappa shape index (κ2) is 7.83. The molecule has 0 fully saturated rings. The molecule has 3 aromatic rings. The van der Waals surface area contributed by atoms with Gasteiger partial charge in [0.1, 0.15) is 5.75 Å². The van der Waals surface area contributed by atoms with Crippen molar-refractivity contribution in [2.45, 2.75) is 13.5 Å². The minimum atomic E-state index is -0.344. The first-order valence-electron chi connectivity index (χ1n) is 8.55. The molecule has 0 atom stereocenters. The monoisotopic (exact) mass is 347 g/mol. The van der Waals surface area contributed by atoms with Gasteiger partial charge in [0.15, 0.2) is 18.9 Å². The highest BCUT2D eigenvalue weighted by Crippen LogP contribution is 2.14. The van der Waals surface area contributed by atoms with E-state index in [1.165, 1.54) is 0 Å². The van der Waals surface area contributed by atoms with Crippen molar-refractivity contribution in [3.63, 3.8) is 0 Å². The maximum absolute atomic E-state index is 12.2. The van der Waals surface area contributed by atoms with Gasteiger partial charge in [-0.1, -0.05) is 29.8 Å². The molecule has 0 spiro atoms. The highest BCUT2D eigenvalue weighted by atomic mass is 16.5. The minimum absolute atomic E-state index is 0.344. The fourth-order valence-corrected chi connectivity index (χ4v) is 2.58. The molecule has 0 saturated carbocycles. The van der Waals surface area contributed by atoms with E-state index in [2.05, 4.69) is 34.0 Å². The number of ether oxygens (including phenoxy) is 1. The molecular formula is C22H23N2O2+. The number of hydrogen-bond acceptors (Lipinski definition) is 3. The average molecular weight is 347 g/mol. The van der Waals surface area contributed by atoms with Crippen molar-refractivity contribution in [3.05, 3.63) is 89.7 Å². The van der Waals surface area contributed by atoms with Gasteiger partial charge >= 0.3 is 5.97 Å². The second-order valence-electron chi connectivity index (χ2n) is 6.52. The number of carbonyl (C=O) groups is 1. The maximum atomic E-state index is 12.2. The smallest absolute Gasteiger partial charge is 0.343 e. The number of esters is 1. The van der Waals surface area contributed by atoms with E-state index in [-0.39, 0.29) is 5.97 Å². The Hall–Kier alpha value is -3.14. The molecule has 0 aliphatic rings. The lowest BCUT2D eigenvalue weighted by Gasteiger charge is -2.10. The van der Waals surface area contributed by atoms with E-state index in [1.807, 2.05) is 45.3 Å². The molecule has 0 saturated heterocycles. The van der Waals surface area contributed by atoms with Crippen molar-refractivity contribution < 1.29 is 14.1 Å². The van der Waals surface area contributed by atoms with Crippen molar-refractivity contribution in [1.82, 2.24) is 0 Å². The molecule has 4 nitrogen and oxygen atoms in total. The zero-order valence-electron chi connectivity index (χ0n) is 15.3. The third kappa shape index (κ3) is 4.48. The van der Waals surface area contributed by atoms with Crippen LogP contribution >= 0.6 is 0 Å². The Balaban J connectivity index is 1.64. The van der Waals surface area contributed by atoms with Crippen LogP contribution in [0.25, 0.3) is 0 Å². The highest BCUT2D eigenvalue weighted by molar-refractivity contribution is 5.91. The van der Waals surface area contributed by atoms with Gasteiger partial charge in [0.25, 0.3) is 0 Å². The van der Waals surface area contributed by atoms with Crippen LogP contribution in [0.5, 0.6) is 5.75 Å². The van der Waals surface area contributed by atoms with Crippen molar-refractivity contribution in [3.8, 4) is 5.75 Å². The first-order chi connectivity index (χ1) is 12.5. The van der Waals surface area contributed by atoms with E-state index in [4.69, 9.17) is 4.74 Å². The largest absolute Gasteiger partial charge is 0.423 e. The van der Waals surface area contributed by atoms with E-state index in [0.29, 0.717) is 11.3 Å². The van der Waals surface area contributed by atoms with Gasteiger partial charge in [-0.2, -0.15) is 0 Å². The zero-order chi connectivity index (χ0) is 18.5. The summed E-state index contributed by atoms with van der Waals surface area (Å²) >= 11 is 0. The molecule has 0 bridgehead atoms. The molecule has 0 aliphatic heterocycles. The first kappa shape index (κ1) is 17.7. The van der Waals surface area contributed by atoms with Crippen molar-refractivity contribution in [2.24, 2.45) is 0 Å². The number of benzene rings is 2. The van der Waals surface area contributed by atoms with Gasteiger partial charge in [-0.3, -0.25) is 0 Å². The van der Waals surface area contributed by atoms with Crippen molar-refractivity contribution >= 4 is 11.7 Å². The topological polar surface area (TPSA) is 33.4 Å². The fraction of sp³-hybridized carbons (Fsp3) is 0.182. The minimum Gasteiger partial charge on any atom is -0.423 e. The van der Waals surface area contributed by atoms with E-state index in [1.54, 1.807) is 24.3 Å². The van der Waals surface area contributed by atoms with Crippen LogP contribution in [0.3, 0.4) is 0 Å². The molecule has 3 rings (SSSR count). The molecule has 0 aliphatic carbocycles. The SMILES string of the molecule is Cc1ccc(OC(=O)c2ccc(C[n+]3ccc(N(C)C)cc3)cc2)cc1.